The van der Waals surface area contributed by atoms with Gasteiger partial charge in [0, 0.05) is 11.0 Å². The minimum absolute atomic E-state index is 0.0567. The molecule has 0 aliphatic heterocycles. The summed E-state index contributed by atoms with van der Waals surface area (Å²) in [6.45, 7) is 1.97. The summed E-state index contributed by atoms with van der Waals surface area (Å²) in [5.41, 5.74) is -0.738. The summed E-state index contributed by atoms with van der Waals surface area (Å²) in [5, 5.41) is 9.94. The Morgan fingerprint density at radius 2 is 2.05 bits per heavy atom. The van der Waals surface area contributed by atoms with Crippen LogP contribution in [0.3, 0.4) is 0 Å². The summed E-state index contributed by atoms with van der Waals surface area (Å²) >= 11 is 0. The summed E-state index contributed by atoms with van der Waals surface area (Å²) in [6.07, 6.45) is 1.85. The summed E-state index contributed by atoms with van der Waals surface area (Å²) < 4.78 is 13.7. The van der Waals surface area contributed by atoms with Crippen LogP contribution in [-0.4, -0.2) is 15.1 Å². The molecule has 0 unspecified atom stereocenters. The second kappa shape index (κ2) is 3.91. The maximum absolute atomic E-state index is 13.7. The van der Waals surface area contributed by atoms with Crippen LogP contribution in [0.1, 0.15) is 25.6 Å². The monoisotopic (exact) mass is 260 g/mol. The standard InChI is InChI=1S/C14H13FN2O2/c1-14(6-7-14)13-16-11(18)10(12(19)17-13)8-4-2-3-5-9(8)15/h2-5H,6-7H2,1H3,(H2,16,17,18,19). The zero-order chi connectivity index (χ0) is 13.6. The van der Waals surface area contributed by atoms with E-state index in [0.717, 1.165) is 12.8 Å². The third kappa shape index (κ3) is 1.91. The number of aromatic hydroxyl groups is 1. The van der Waals surface area contributed by atoms with Crippen LogP contribution in [0.25, 0.3) is 11.1 Å². The molecule has 4 nitrogen and oxygen atoms in total. The number of hydrogen-bond acceptors (Lipinski definition) is 3. The molecule has 0 spiro atoms. The average Bonchev–Trinajstić information content (AvgIpc) is 3.10. The Morgan fingerprint density at radius 3 is 2.63 bits per heavy atom. The number of hydrogen-bond donors (Lipinski definition) is 2. The van der Waals surface area contributed by atoms with Gasteiger partial charge < -0.3 is 10.1 Å². The molecule has 1 aliphatic carbocycles. The lowest BCUT2D eigenvalue weighted by Crippen LogP contribution is -2.18. The maximum atomic E-state index is 13.7. The first kappa shape index (κ1) is 11.9. The van der Waals surface area contributed by atoms with Gasteiger partial charge in [0.1, 0.15) is 17.2 Å². The van der Waals surface area contributed by atoms with Gasteiger partial charge in [0.25, 0.3) is 5.56 Å². The smallest absolute Gasteiger partial charge is 0.262 e. The molecule has 0 atom stereocenters. The fraction of sp³-hybridized carbons (Fsp3) is 0.286. The highest BCUT2D eigenvalue weighted by molar-refractivity contribution is 5.67. The predicted molar refractivity (Wildman–Crippen MR) is 68.5 cm³/mol. The number of aromatic nitrogens is 2. The van der Waals surface area contributed by atoms with E-state index in [1.54, 1.807) is 6.07 Å². The highest BCUT2D eigenvalue weighted by Crippen LogP contribution is 2.46. The average molecular weight is 260 g/mol. The molecular weight excluding hydrogens is 247 g/mol. The lowest BCUT2D eigenvalue weighted by molar-refractivity contribution is 0.446. The normalized spacial score (nSPS) is 16.3. The molecule has 5 heteroatoms. The van der Waals surface area contributed by atoms with E-state index in [4.69, 9.17) is 0 Å². The zero-order valence-electron chi connectivity index (χ0n) is 10.4. The Bertz CT molecular complexity index is 705. The minimum Gasteiger partial charge on any atom is -0.493 e. The van der Waals surface area contributed by atoms with Crippen molar-refractivity contribution in [2.45, 2.75) is 25.2 Å². The van der Waals surface area contributed by atoms with Crippen molar-refractivity contribution in [3.8, 4) is 17.0 Å². The molecule has 1 fully saturated rings. The van der Waals surface area contributed by atoms with Crippen molar-refractivity contribution in [3.05, 3.63) is 46.3 Å². The van der Waals surface area contributed by atoms with Crippen molar-refractivity contribution in [1.29, 1.82) is 0 Å². The van der Waals surface area contributed by atoms with Crippen LogP contribution in [0.2, 0.25) is 0 Å². The number of benzene rings is 1. The first-order valence-corrected chi connectivity index (χ1v) is 6.10. The van der Waals surface area contributed by atoms with E-state index >= 15 is 0 Å². The lowest BCUT2D eigenvalue weighted by atomic mass is 10.1. The van der Waals surface area contributed by atoms with Gasteiger partial charge in [-0.25, -0.2) is 4.39 Å². The second-order valence-electron chi connectivity index (χ2n) is 5.15. The highest BCUT2D eigenvalue weighted by Gasteiger charge is 2.42. The van der Waals surface area contributed by atoms with Gasteiger partial charge in [0.2, 0.25) is 5.88 Å². The van der Waals surface area contributed by atoms with Crippen molar-refractivity contribution in [2.24, 2.45) is 0 Å². The molecule has 0 radical (unpaired) electrons. The second-order valence-corrected chi connectivity index (χ2v) is 5.15. The van der Waals surface area contributed by atoms with Crippen molar-refractivity contribution in [3.63, 3.8) is 0 Å². The van der Waals surface area contributed by atoms with Gasteiger partial charge in [-0.1, -0.05) is 25.1 Å². The van der Waals surface area contributed by atoms with E-state index in [9.17, 15) is 14.3 Å². The van der Waals surface area contributed by atoms with Crippen LogP contribution in [0, 0.1) is 5.82 Å². The topological polar surface area (TPSA) is 66.0 Å². The van der Waals surface area contributed by atoms with E-state index in [-0.39, 0.29) is 16.5 Å². The van der Waals surface area contributed by atoms with Crippen LogP contribution in [-0.2, 0) is 5.41 Å². The Hall–Kier alpha value is -2.17. The molecule has 1 aromatic heterocycles. The molecule has 2 N–H and O–H groups in total. The van der Waals surface area contributed by atoms with Gasteiger partial charge in [-0.3, -0.25) is 4.79 Å². The van der Waals surface area contributed by atoms with Gasteiger partial charge in [-0.2, -0.15) is 4.98 Å². The number of nitrogens with one attached hydrogen (secondary N) is 1. The first-order valence-electron chi connectivity index (χ1n) is 6.10. The van der Waals surface area contributed by atoms with E-state index in [1.165, 1.54) is 18.2 Å². The molecule has 1 heterocycles. The maximum Gasteiger partial charge on any atom is 0.262 e. The van der Waals surface area contributed by atoms with Gasteiger partial charge in [0.15, 0.2) is 0 Å². The quantitative estimate of drug-likeness (QED) is 0.871. The molecule has 1 aliphatic rings. The van der Waals surface area contributed by atoms with E-state index in [1.807, 2.05) is 6.92 Å². The molecule has 19 heavy (non-hydrogen) atoms. The summed E-state index contributed by atoms with van der Waals surface area (Å²) in [6, 6.07) is 5.81. The third-order valence-electron chi connectivity index (χ3n) is 3.62. The van der Waals surface area contributed by atoms with Crippen molar-refractivity contribution in [2.75, 3.05) is 0 Å². The zero-order valence-corrected chi connectivity index (χ0v) is 10.4. The van der Waals surface area contributed by atoms with Gasteiger partial charge in [-0.15, -0.1) is 0 Å². The fourth-order valence-electron chi connectivity index (χ4n) is 2.08. The van der Waals surface area contributed by atoms with Crippen molar-refractivity contribution < 1.29 is 9.50 Å². The lowest BCUT2D eigenvalue weighted by Gasteiger charge is -2.10. The van der Waals surface area contributed by atoms with Crippen LogP contribution in [0.4, 0.5) is 4.39 Å². The molecule has 2 aromatic rings. The fourth-order valence-corrected chi connectivity index (χ4v) is 2.08. The molecule has 1 aromatic carbocycles. The largest absolute Gasteiger partial charge is 0.493 e. The van der Waals surface area contributed by atoms with Crippen molar-refractivity contribution >= 4 is 0 Å². The number of rotatable bonds is 2. The summed E-state index contributed by atoms with van der Waals surface area (Å²) in [7, 11) is 0. The predicted octanol–water partition coefficient (Wildman–Crippen LogP) is 2.33. The van der Waals surface area contributed by atoms with Crippen LogP contribution >= 0.6 is 0 Å². The molecule has 0 amide bonds. The minimum atomic E-state index is -0.560. The molecule has 0 bridgehead atoms. The number of aromatic amines is 1. The Morgan fingerprint density at radius 1 is 1.37 bits per heavy atom. The highest BCUT2D eigenvalue weighted by atomic mass is 19.1. The van der Waals surface area contributed by atoms with E-state index in [2.05, 4.69) is 9.97 Å². The SMILES string of the molecule is CC1(c2nc(O)c(-c3ccccc3F)c(=O)[nH]2)CC1. The van der Waals surface area contributed by atoms with Gasteiger partial charge in [-0.05, 0) is 18.9 Å². The molecule has 3 rings (SSSR count). The van der Waals surface area contributed by atoms with Crippen LogP contribution in [0.15, 0.2) is 29.1 Å². The summed E-state index contributed by atoms with van der Waals surface area (Å²) in [5.74, 6) is -0.512. The van der Waals surface area contributed by atoms with E-state index in [0.29, 0.717) is 5.82 Å². The first-order chi connectivity index (χ1) is 9.01. The Balaban J connectivity index is 2.19. The molecular formula is C14H13FN2O2. The van der Waals surface area contributed by atoms with Crippen molar-refractivity contribution in [1.82, 2.24) is 9.97 Å². The van der Waals surface area contributed by atoms with Gasteiger partial charge in [0.05, 0.1) is 0 Å². The van der Waals surface area contributed by atoms with E-state index < -0.39 is 17.3 Å². The Labute approximate surface area is 109 Å². The molecule has 98 valence electrons. The number of nitrogens with zero attached hydrogens (tertiary/aromatic N) is 1. The summed E-state index contributed by atoms with van der Waals surface area (Å²) in [4.78, 5) is 18.7. The van der Waals surface area contributed by atoms with Gasteiger partial charge >= 0.3 is 0 Å². The number of halogens is 1. The van der Waals surface area contributed by atoms with Crippen LogP contribution < -0.4 is 5.56 Å². The van der Waals surface area contributed by atoms with Crippen LogP contribution in [0.5, 0.6) is 5.88 Å². The number of H-pyrrole nitrogens is 1. The molecule has 0 saturated heterocycles. The third-order valence-corrected chi connectivity index (χ3v) is 3.62. The molecule has 1 saturated carbocycles. The Kier molecular flexibility index (Phi) is 2.45.